The second kappa shape index (κ2) is 5.91. The van der Waals surface area contributed by atoms with Crippen LogP contribution >= 0.6 is 0 Å². The zero-order chi connectivity index (χ0) is 13.0. The molecule has 2 nitrogen and oxygen atoms in total. The lowest BCUT2D eigenvalue weighted by Gasteiger charge is -2.14. The Morgan fingerprint density at radius 3 is 2.39 bits per heavy atom. The first kappa shape index (κ1) is 13.0. The fraction of sp³-hybridized carbons (Fsp3) is 0.562. The summed E-state index contributed by atoms with van der Waals surface area (Å²) in [5.74, 6) is 1.83. The van der Waals surface area contributed by atoms with Gasteiger partial charge < -0.3 is 4.74 Å². The molecule has 0 amide bonds. The van der Waals surface area contributed by atoms with Gasteiger partial charge in [-0.25, -0.2) is 0 Å². The van der Waals surface area contributed by atoms with Crippen LogP contribution in [-0.4, -0.2) is 6.61 Å². The van der Waals surface area contributed by atoms with Crippen molar-refractivity contribution in [3.8, 4) is 11.8 Å². The highest BCUT2D eigenvalue weighted by Gasteiger charge is 2.15. The van der Waals surface area contributed by atoms with Crippen LogP contribution in [0.3, 0.4) is 0 Å². The summed E-state index contributed by atoms with van der Waals surface area (Å²) in [6.45, 7) is 4.83. The van der Waals surface area contributed by atoms with Crippen molar-refractivity contribution in [1.82, 2.24) is 0 Å². The predicted octanol–water partition coefficient (Wildman–Crippen LogP) is 4.13. The minimum absolute atomic E-state index is 0.716. The van der Waals surface area contributed by atoms with Crippen LogP contribution in [0.15, 0.2) is 12.1 Å². The van der Waals surface area contributed by atoms with E-state index in [-0.39, 0.29) is 0 Å². The zero-order valence-corrected chi connectivity index (χ0v) is 11.3. The van der Waals surface area contributed by atoms with Crippen LogP contribution in [0.25, 0.3) is 0 Å². The van der Waals surface area contributed by atoms with Gasteiger partial charge in [-0.1, -0.05) is 25.7 Å². The molecule has 2 rings (SSSR count). The van der Waals surface area contributed by atoms with Gasteiger partial charge >= 0.3 is 0 Å². The fourth-order valence-electron chi connectivity index (χ4n) is 2.87. The molecule has 96 valence electrons. The Kier molecular flexibility index (Phi) is 4.25. The average Bonchev–Trinajstić information content (AvgIpc) is 2.85. The number of hydrogen-bond donors (Lipinski definition) is 0. The highest BCUT2D eigenvalue weighted by atomic mass is 16.5. The van der Waals surface area contributed by atoms with E-state index in [1.165, 1.54) is 32.1 Å². The van der Waals surface area contributed by atoms with E-state index in [1.807, 2.05) is 26.0 Å². The van der Waals surface area contributed by atoms with Gasteiger partial charge in [0.2, 0.25) is 0 Å². The molecule has 18 heavy (non-hydrogen) atoms. The van der Waals surface area contributed by atoms with Gasteiger partial charge in [0.05, 0.1) is 18.2 Å². The van der Waals surface area contributed by atoms with Crippen molar-refractivity contribution < 1.29 is 4.74 Å². The van der Waals surface area contributed by atoms with Crippen LogP contribution in [0, 0.1) is 31.1 Å². The largest absolute Gasteiger partial charge is 0.493 e. The molecule has 0 aliphatic heterocycles. The first-order valence-corrected chi connectivity index (χ1v) is 6.85. The van der Waals surface area contributed by atoms with Crippen LogP contribution in [0.4, 0.5) is 0 Å². The molecular weight excluding hydrogens is 222 g/mol. The van der Waals surface area contributed by atoms with Gasteiger partial charge in [0.1, 0.15) is 5.75 Å². The van der Waals surface area contributed by atoms with E-state index < -0.39 is 0 Å². The van der Waals surface area contributed by atoms with Crippen molar-refractivity contribution in [2.24, 2.45) is 5.92 Å². The summed E-state index contributed by atoms with van der Waals surface area (Å²) in [5.41, 5.74) is 2.85. The van der Waals surface area contributed by atoms with Crippen LogP contribution in [0.2, 0.25) is 0 Å². The first-order valence-electron chi connectivity index (χ1n) is 6.85. The van der Waals surface area contributed by atoms with Crippen molar-refractivity contribution in [3.05, 3.63) is 28.8 Å². The standard InChI is InChI=1S/C16H21NO/c1-12-9-15(11-17)10-13(2)16(12)18-8-7-14-5-3-4-6-14/h9-10,14H,3-8H2,1-2H3. The van der Waals surface area contributed by atoms with Crippen molar-refractivity contribution in [1.29, 1.82) is 5.26 Å². The maximum Gasteiger partial charge on any atom is 0.125 e. The van der Waals surface area contributed by atoms with Crippen molar-refractivity contribution in [2.75, 3.05) is 6.61 Å². The third-order valence-corrected chi connectivity index (χ3v) is 3.84. The predicted molar refractivity (Wildman–Crippen MR) is 72.7 cm³/mol. The molecule has 1 saturated carbocycles. The lowest BCUT2D eigenvalue weighted by atomic mass is 10.0. The maximum atomic E-state index is 8.91. The molecule has 0 spiro atoms. The van der Waals surface area contributed by atoms with Gasteiger partial charge in [-0.15, -0.1) is 0 Å². The van der Waals surface area contributed by atoms with E-state index in [1.54, 1.807) is 0 Å². The quantitative estimate of drug-likeness (QED) is 0.796. The third kappa shape index (κ3) is 3.04. The summed E-state index contributed by atoms with van der Waals surface area (Å²) in [7, 11) is 0. The second-order valence-corrected chi connectivity index (χ2v) is 5.34. The molecule has 0 saturated heterocycles. The Morgan fingerprint density at radius 1 is 1.22 bits per heavy atom. The lowest BCUT2D eigenvalue weighted by Crippen LogP contribution is -2.05. The molecule has 0 atom stereocenters. The highest BCUT2D eigenvalue weighted by Crippen LogP contribution is 2.29. The average molecular weight is 243 g/mol. The van der Waals surface area contributed by atoms with Gasteiger partial charge in [-0.3, -0.25) is 0 Å². The Balaban J connectivity index is 1.94. The molecule has 1 aromatic carbocycles. The van der Waals surface area contributed by atoms with Gasteiger partial charge in [0, 0.05) is 0 Å². The SMILES string of the molecule is Cc1cc(C#N)cc(C)c1OCCC1CCCC1. The molecule has 0 unspecified atom stereocenters. The fourth-order valence-corrected chi connectivity index (χ4v) is 2.87. The minimum atomic E-state index is 0.716. The number of hydrogen-bond acceptors (Lipinski definition) is 2. The monoisotopic (exact) mass is 243 g/mol. The Morgan fingerprint density at radius 2 is 1.83 bits per heavy atom. The number of nitrogens with zero attached hydrogens (tertiary/aromatic N) is 1. The molecule has 2 heteroatoms. The van der Waals surface area contributed by atoms with E-state index in [9.17, 15) is 0 Å². The van der Waals surface area contributed by atoms with Gasteiger partial charge in [-0.2, -0.15) is 5.26 Å². The Bertz CT molecular complexity index is 430. The van der Waals surface area contributed by atoms with E-state index >= 15 is 0 Å². The maximum absolute atomic E-state index is 8.91. The molecular formula is C16H21NO. The summed E-state index contributed by atoms with van der Waals surface area (Å²) in [4.78, 5) is 0. The smallest absolute Gasteiger partial charge is 0.125 e. The third-order valence-electron chi connectivity index (χ3n) is 3.84. The normalized spacial score (nSPS) is 15.6. The number of nitriles is 1. The zero-order valence-electron chi connectivity index (χ0n) is 11.3. The topological polar surface area (TPSA) is 33.0 Å². The van der Waals surface area contributed by atoms with Crippen molar-refractivity contribution in [2.45, 2.75) is 46.0 Å². The summed E-state index contributed by atoms with van der Waals surface area (Å²) in [6.07, 6.45) is 6.68. The van der Waals surface area contributed by atoms with Crippen LogP contribution in [0.5, 0.6) is 5.75 Å². The summed E-state index contributed by atoms with van der Waals surface area (Å²) in [6, 6.07) is 5.98. The first-order chi connectivity index (χ1) is 8.70. The number of benzene rings is 1. The van der Waals surface area contributed by atoms with Crippen LogP contribution in [-0.2, 0) is 0 Å². The molecule has 1 aromatic rings. The summed E-state index contributed by atoms with van der Waals surface area (Å²) in [5, 5.41) is 8.91. The highest BCUT2D eigenvalue weighted by molar-refractivity contribution is 5.47. The molecule has 0 N–H and O–H groups in total. The van der Waals surface area contributed by atoms with Gasteiger partial charge in [0.25, 0.3) is 0 Å². The molecule has 0 bridgehead atoms. The summed E-state index contributed by atoms with van der Waals surface area (Å²) < 4.78 is 5.92. The van der Waals surface area contributed by atoms with Crippen molar-refractivity contribution in [3.63, 3.8) is 0 Å². The lowest BCUT2D eigenvalue weighted by molar-refractivity contribution is 0.276. The molecule has 1 fully saturated rings. The molecule has 0 heterocycles. The summed E-state index contributed by atoms with van der Waals surface area (Å²) >= 11 is 0. The number of rotatable bonds is 4. The molecule has 1 aliphatic carbocycles. The molecule has 1 aliphatic rings. The van der Waals surface area contributed by atoms with E-state index in [0.29, 0.717) is 5.56 Å². The Labute approximate surface area is 110 Å². The van der Waals surface area contributed by atoms with E-state index in [0.717, 1.165) is 29.4 Å². The Hall–Kier alpha value is -1.49. The molecule has 0 radical (unpaired) electrons. The van der Waals surface area contributed by atoms with Crippen LogP contribution < -0.4 is 4.74 Å². The molecule has 0 aromatic heterocycles. The van der Waals surface area contributed by atoms with Crippen LogP contribution in [0.1, 0.15) is 48.8 Å². The van der Waals surface area contributed by atoms with E-state index in [2.05, 4.69) is 6.07 Å². The van der Waals surface area contributed by atoms with Gasteiger partial charge in [-0.05, 0) is 49.4 Å². The number of ether oxygens (including phenoxy) is 1. The minimum Gasteiger partial charge on any atom is -0.493 e. The second-order valence-electron chi connectivity index (χ2n) is 5.34. The van der Waals surface area contributed by atoms with E-state index in [4.69, 9.17) is 10.00 Å². The van der Waals surface area contributed by atoms with Gasteiger partial charge in [0.15, 0.2) is 0 Å². The van der Waals surface area contributed by atoms with Crippen molar-refractivity contribution >= 4 is 0 Å². The number of aryl methyl sites for hydroxylation is 2.